The monoisotopic (exact) mass is 350 g/mol. The van der Waals surface area contributed by atoms with Crippen LogP contribution < -0.4 is 0 Å². The van der Waals surface area contributed by atoms with Gasteiger partial charge >= 0.3 is 0 Å². The molecule has 0 unspecified atom stereocenters. The van der Waals surface area contributed by atoms with Gasteiger partial charge < -0.3 is 0 Å². The number of hydrogen-bond acceptors (Lipinski definition) is 4. The highest BCUT2D eigenvalue weighted by Gasteiger charge is 2.17. The van der Waals surface area contributed by atoms with Gasteiger partial charge in [0.1, 0.15) is 0 Å². The second kappa shape index (κ2) is 8.39. The molecule has 3 rings (SSSR count). The minimum Gasteiger partial charge on any atom is -0.297 e. The first-order valence-corrected chi connectivity index (χ1v) is 9.16. The van der Waals surface area contributed by atoms with Gasteiger partial charge in [0.15, 0.2) is 11.6 Å². The van der Waals surface area contributed by atoms with Crippen molar-refractivity contribution in [2.75, 3.05) is 26.2 Å². The summed E-state index contributed by atoms with van der Waals surface area (Å²) in [5.41, 5.74) is 3.96. The van der Waals surface area contributed by atoms with Gasteiger partial charge in [0.05, 0.1) is 0 Å². The van der Waals surface area contributed by atoms with Crippen LogP contribution in [-0.2, 0) is 13.1 Å². The number of Topliss-reactive ketones (excluding diaryl/α,β-unsaturated/α-hetero) is 2. The molecule has 136 valence electrons. The van der Waals surface area contributed by atoms with Crippen molar-refractivity contribution in [1.82, 2.24) is 9.80 Å². The molecule has 4 nitrogen and oxygen atoms in total. The standard InChI is InChI=1S/C22H26N2O2/c1-17(25)21-7-3-5-19(13-21)15-23-9-11-24(12-10-23)16-20-6-4-8-22(14-20)18(2)26/h3-8,13-14H,9-12,15-16H2,1-2H3. The number of benzene rings is 2. The number of rotatable bonds is 6. The first-order valence-electron chi connectivity index (χ1n) is 9.16. The van der Waals surface area contributed by atoms with Crippen LogP contribution in [0.2, 0.25) is 0 Å². The zero-order valence-corrected chi connectivity index (χ0v) is 15.6. The van der Waals surface area contributed by atoms with Crippen LogP contribution in [0.25, 0.3) is 0 Å². The smallest absolute Gasteiger partial charge is 0.159 e. The van der Waals surface area contributed by atoms with Gasteiger partial charge in [0.25, 0.3) is 0 Å². The van der Waals surface area contributed by atoms with E-state index in [-0.39, 0.29) is 11.6 Å². The molecule has 0 N–H and O–H groups in total. The highest BCUT2D eigenvalue weighted by molar-refractivity contribution is 5.94. The van der Waals surface area contributed by atoms with Gasteiger partial charge in [-0.3, -0.25) is 19.4 Å². The first kappa shape index (κ1) is 18.5. The summed E-state index contributed by atoms with van der Waals surface area (Å²) in [6.45, 7) is 9.03. The molecule has 1 aliphatic rings. The topological polar surface area (TPSA) is 40.6 Å². The highest BCUT2D eigenvalue weighted by atomic mass is 16.1. The molecule has 2 aromatic rings. The summed E-state index contributed by atoms with van der Waals surface area (Å²) in [4.78, 5) is 27.9. The van der Waals surface area contributed by atoms with Gasteiger partial charge in [-0.15, -0.1) is 0 Å². The molecule has 1 fully saturated rings. The lowest BCUT2D eigenvalue weighted by atomic mass is 10.1. The van der Waals surface area contributed by atoms with Crippen LogP contribution in [0.5, 0.6) is 0 Å². The van der Waals surface area contributed by atoms with E-state index in [4.69, 9.17) is 0 Å². The van der Waals surface area contributed by atoms with Gasteiger partial charge in [0, 0.05) is 50.4 Å². The molecule has 0 bridgehead atoms. The molecular formula is C22H26N2O2. The largest absolute Gasteiger partial charge is 0.297 e. The molecule has 1 aliphatic heterocycles. The predicted octanol–water partition coefficient (Wildman–Crippen LogP) is 3.41. The van der Waals surface area contributed by atoms with E-state index in [9.17, 15) is 9.59 Å². The minimum atomic E-state index is 0.115. The number of nitrogens with zero attached hydrogens (tertiary/aromatic N) is 2. The summed E-state index contributed by atoms with van der Waals surface area (Å²) in [5.74, 6) is 0.230. The van der Waals surface area contributed by atoms with Gasteiger partial charge in [0.2, 0.25) is 0 Å². The normalized spacial score (nSPS) is 15.8. The van der Waals surface area contributed by atoms with E-state index in [0.717, 1.165) is 50.4 Å². The average Bonchev–Trinajstić information content (AvgIpc) is 2.64. The number of hydrogen-bond donors (Lipinski definition) is 0. The zero-order valence-electron chi connectivity index (χ0n) is 15.6. The Balaban J connectivity index is 1.53. The van der Waals surface area contributed by atoms with Gasteiger partial charge in [-0.25, -0.2) is 0 Å². The Morgan fingerprint density at radius 3 is 1.46 bits per heavy atom. The number of piperazine rings is 1. The number of carbonyl (C=O) groups excluding carboxylic acids is 2. The summed E-state index contributed by atoms with van der Waals surface area (Å²) in [6.07, 6.45) is 0. The Morgan fingerprint density at radius 1 is 0.731 bits per heavy atom. The number of ketones is 2. The van der Waals surface area contributed by atoms with Crippen molar-refractivity contribution in [2.45, 2.75) is 26.9 Å². The van der Waals surface area contributed by atoms with Crippen LogP contribution in [0.3, 0.4) is 0 Å². The van der Waals surface area contributed by atoms with Crippen molar-refractivity contribution in [3.05, 3.63) is 70.8 Å². The van der Waals surface area contributed by atoms with Crippen molar-refractivity contribution in [3.63, 3.8) is 0 Å². The fraction of sp³-hybridized carbons (Fsp3) is 0.364. The third-order valence-corrected chi connectivity index (χ3v) is 4.94. The Kier molecular flexibility index (Phi) is 5.96. The third-order valence-electron chi connectivity index (χ3n) is 4.94. The summed E-state index contributed by atoms with van der Waals surface area (Å²) in [7, 11) is 0. The lowest BCUT2D eigenvalue weighted by Gasteiger charge is -2.34. The molecule has 0 atom stereocenters. The van der Waals surface area contributed by atoms with Crippen molar-refractivity contribution < 1.29 is 9.59 Å². The van der Waals surface area contributed by atoms with E-state index in [1.54, 1.807) is 13.8 Å². The average molecular weight is 350 g/mol. The molecule has 26 heavy (non-hydrogen) atoms. The SMILES string of the molecule is CC(=O)c1cccc(CN2CCN(Cc3cccc(C(C)=O)c3)CC2)c1. The maximum absolute atomic E-state index is 11.5. The molecule has 1 heterocycles. The molecular weight excluding hydrogens is 324 g/mol. The summed E-state index contributed by atoms with van der Waals surface area (Å²) < 4.78 is 0. The molecule has 4 heteroatoms. The van der Waals surface area contributed by atoms with Gasteiger partial charge in [-0.05, 0) is 37.1 Å². The molecule has 2 aromatic carbocycles. The second-order valence-corrected chi connectivity index (χ2v) is 7.07. The molecule has 1 saturated heterocycles. The lowest BCUT2D eigenvalue weighted by molar-refractivity contribution is 0.100. The highest BCUT2D eigenvalue weighted by Crippen LogP contribution is 2.14. The van der Waals surface area contributed by atoms with E-state index >= 15 is 0 Å². The first-order chi connectivity index (χ1) is 12.5. The van der Waals surface area contributed by atoms with E-state index < -0.39 is 0 Å². The molecule has 0 spiro atoms. The van der Waals surface area contributed by atoms with Crippen LogP contribution >= 0.6 is 0 Å². The second-order valence-electron chi connectivity index (χ2n) is 7.07. The van der Waals surface area contributed by atoms with Crippen molar-refractivity contribution in [1.29, 1.82) is 0 Å². The Hall–Kier alpha value is -2.30. The quantitative estimate of drug-likeness (QED) is 0.749. The summed E-state index contributed by atoms with van der Waals surface area (Å²) in [5, 5.41) is 0. The van der Waals surface area contributed by atoms with Crippen LogP contribution in [0.4, 0.5) is 0 Å². The van der Waals surface area contributed by atoms with Crippen molar-refractivity contribution in [2.24, 2.45) is 0 Å². The van der Waals surface area contributed by atoms with Crippen LogP contribution in [0.15, 0.2) is 48.5 Å². The zero-order chi connectivity index (χ0) is 18.5. The fourth-order valence-corrected chi connectivity index (χ4v) is 3.40. The molecule has 0 aromatic heterocycles. The lowest BCUT2D eigenvalue weighted by Crippen LogP contribution is -2.45. The third kappa shape index (κ3) is 4.87. The predicted molar refractivity (Wildman–Crippen MR) is 103 cm³/mol. The molecule has 0 radical (unpaired) electrons. The van der Waals surface area contributed by atoms with Crippen molar-refractivity contribution in [3.8, 4) is 0 Å². The van der Waals surface area contributed by atoms with Crippen LogP contribution in [0.1, 0.15) is 45.7 Å². The molecule has 0 saturated carbocycles. The molecule has 0 aliphatic carbocycles. The van der Waals surface area contributed by atoms with E-state index in [2.05, 4.69) is 21.9 Å². The van der Waals surface area contributed by atoms with Crippen molar-refractivity contribution >= 4 is 11.6 Å². The minimum absolute atomic E-state index is 0.115. The Morgan fingerprint density at radius 2 is 1.12 bits per heavy atom. The molecule has 0 amide bonds. The van der Waals surface area contributed by atoms with E-state index in [0.29, 0.717) is 0 Å². The maximum atomic E-state index is 11.5. The van der Waals surface area contributed by atoms with Crippen LogP contribution in [-0.4, -0.2) is 47.5 Å². The maximum Gasteiger partial charge on any atom is 0.159 e. The Bertz CT molecular complexity index is 725. The van der Waals surface area contributed by atoms with Gasteiger partial charge in [-0.2, -0.15) is 0 Å². The fourth-order valence-electron chi connectivity index (χ4n) is 3.40. The van der Waals surface area contributed by atoms with Crippen LogP contribution in [0, 0.1) is 0 Å². The summed E-state index contributed by atoms with van der Waals surface area (Å²) >= 11 is 0. The summed E-state index contributed by atoms with van der Waals surface area (Å²) in [6, 6.07) is 15.9. The van der Waals surface area contributed by atoms with E-state index in [1.807, 2.05) is 36.4 Å². The Labute approximate surface area is 155 Å². The van der Waals surface area contributed by atoms with Gasteiger partial charge in [-0.1, -0.05) is 36.4 Å². The number of carbonyl (C=O) groups is 2. The van der Waals surface area contributed by atoms with E-state index in [1.165, 1.54) is 11.1 Å².